The number of piperidine rings is 1. The van der Waals surface area contributed by atoms with E-state index < -0.39 is 0 Å². The summed E-state index contributed by atoms with van der Waals surface area (Å²) in [4.78, 5) is 21.1. The second-order valence-electron chi connectivity index (χ2n) is 7.61. The maximum atomic E-state index is 13.4. The summed E-state index contributed by atoms with van der Waals surface area (Å²) < 4.78 is 15.5. The molecule has 4 rings (SSSR count). The summed E-state index contributed by atoms with van der Waals surface area (Å²) in [5, 5.41) is 0. The lowest BCUT2D eigenvalue weighted by molar-refractivity contribution is -0.134. The minimum absolute atomic E-state index is 0.113. The van der Waals surface area contributed by atoms with E-state index >= 15 is 0 Å². The third-order valence-corrected chi connectivity index (χ3v) is 5.46. The van der Waals surface area contributed by atoms with Crippen LogP contribution in [0.2, 0.25) is 0 Å². The Morgan fingerprint density at radius 1 is 1.11 bits per heavy atom. The number of hydrogen-bond acceptors (Lipinski definition) is 3. The molecular formula is C22H25FN4O. The van der Waals surface area contributed by atoms with Crippen molar-refractivity contribution in [3.8, 4) is 5.69 Å². The van der Waals surface area contributed by atoms with Crippen LogP contribution in [0.3, 0.4) is 0 Å². The molecule has 2 aromatic carbocycles. The van der Waals surface area contributed by atoms with Crippen LogP contribution in [0.4, 0.5) is 4.39 Å². The molecule has 2 heterocycles. The summed E-state index contributed by atoms with van der Waals surface area (Å²) in [6.45, 7) is 2.45. The molecule has 0 bridgehead atoms. The number of likely N-dealkylation sites (tertiary alicyclic amines) is 1. The second-order valence-corrected chi connectivity index (χ2v) is 7.61. The number of para-hydroxylation sites is 2. The van der Waals surface area contributed by atoms with E-state index in [0.29, 0.717) is 6.54 Å². The van der Waals surface area contributed by atoms with Crippen molar-refractivity contribution < 1.29 is 9.18 Å². The molecule has 0 N–H and O–H groups in total. The van der Waals surface area contributed by atoms with Gasteiger partial charge >= 0.3 is 0 Å². The van der Waals surface area contributed by atoms with Crippen LogP contribution in [0.1, 0.15) is 18.7 Å². The minimum Gasteiger partial charge on any atom is -0.349 e. The molecule has 1 fully saturated rings. The molecule has 1 saturated heterocycles. The highest BCUT2D eigenvalue weighted by atomic mass is 19.1. The van der Waals surface area contributed by atoms with Crippen LogP contribution >= 0.6 is 0 Å². The Labute approximate surface area is 164 Å². The maximum absolute atomic E-state index is 13.4. The quantitative estimate of drug-likeness (QED) is 0.696. The van der Waals surface area contributed by atoms with Gasteiger partial charge in [-0.05, 0) is 62.3 Å². The Morgan fingerprint density at radius 3 is 2.46 bits per heavy atom. The molecule has 0 aliphatic carbocycles. The van der Waals surface area contributed by atoms with E-state index in [1.165, 1.54) is 12.1 Å². The molecule has 1 aliphatic heterocycles. The Bertz CT molecular complexity index is 972. The van der Waals surface area contributed by atoms with Gasteiger partial charge in [-0.2, -0.15) is 0 Å². The topological polar surface area (TPSA) is 41.4 Å². The summed E-state index contributed by atoms with van der Waals surface area (Å²) in [6.07, 6.45) is 1.74. The third kappa shape index (κ3) is 3.64. The van der Waals surface area contributed by atoms with Gasteiger partial charge in [-0.25, -0.2) is 9.37 Å². The van der Waals surface area contributed by atoms with Gasteiger partial charge in [-0.1, -0.05) is 12.1 Å². The Kier molecular flexibility index (Phi) is 5.13. The van der Waals surface area contributed by atoms with Gasteiger partial charge in [-0.15, -0.1) is 0 Å². The number of fused-ring (bicyclic) bond motifs is 1. The first kappa shape index (κ1) is 18.6. The number of imidazole rings is 1. The fraction of sp³-hybridized carbons (Fsp3) is 0.364. The van der Waals surface area contributed by atoms with Crippen molar-refractivity contribution in [1.82, 2.24) is 19.4 Å². The third-order valence-electron chi connectivity index (χ3n) is 5.46. The number of nitrogens with zero attached hydrogens (tertiary/aromatic N) is 4. The number of benzene rings is 2. The smallest absolute Gasteiger partial charge is 0.225 e. The van der Waals surface area contributed by atoms with Crippen LogP contribution in [0.15, 0.2) is 48.5 Å². The highest BCUT2D eigenvalue weighted by molar-refractivity contribution is 5.79. The van der Waals surface area contributed by atoms with Crippen LogP contribution in [0, 0.1) is 11.7 Å². The van der Waals surface area contributed by atoms with Crippen LogP contribution < -0.4 is 0 Å². The Hall–Kier alpha value is -2.73. The first-order chi connectivity index (χ1) is 13.5. The largest absolute Gasteiger partial charge is 0.349 e. The highest BCUT2D eigenvalue weighted by Gasteiger charge is 2.27. The average molecular weight is 380 g/mol. The van der Waals surface area contributed by atoms with Crippen LogP contribution in [-0.2, 0) is 11.3 Å². The van der Waals surface area contributed by atoms with Gasteiger partial charge in [0.1, 0.15) is 11.6 Å². The lowest BCUT2D eigenvalue weighted by Gasteiger charge is -2.32. The summed E-state index contributed by atoms with van der Waals surface area (Å²) >= 11 is 0. The molecule has 28 heavy (non-hydrogen) atoms. The monoisotopic (exact) mass is 380 g/mol. The lowest BCUT2D eigenvalue weighted by atomic mass is 9.95. The van der Waals surface area contributed by atoms with E-state index in [-0.39, 0.29) is 17.6 Å². The molecule has 6 heteroatoms. The maximum Gasteiger partial charge on any atom is 0.225 e. The van der Waals surface area contributed by atoms with Crippen molar-refractivity contribution in [2.75, 3.05) is 27.2 Å². The zero-order chi connectivity index (χ0) is 19.7. The fourth-order valence-corrected chi connectivity index (χ4v) is 3.96. The van der Waals surface area contributed by atoms with Gasteiger partial charge in [0.25, 0.3) is 0 Å². The van der Waals surface area contributed by atoms with E-state index in [9.17, 15) is 9.18 Å². The summed E-state index contributed by atoms with van der Waals surface area (Å²) in [5.74, 6) is 1.02. The second kappa shape index (κ2) is 7.72. The Morgan fingerprint density at radius 2 is 1.79 bits per heavy atom. The molecule has 146 valence electrons. The molecule has 0 atom stereocenters. The first-order valence-electron chi connectivity index (χ1n) is 9.69. The number of aromatic nitrogens is 2. The van der Waals surface area contributed by atoms with Gasteiger partial charge in [0, 0.05) is 25.7 Å². The van der Waals surface area contributed by atoms with Crippen LogP contribution in [-0.4, -0.2) is 52.4 Å². The van der Waals surface area contributed by atoms with Crippen molar-refractivity contribution >= 4 is 16.9 Å². The molecule has 5 nitrogen and oxygen atoms in total. The van der Waals surface area contributed by atoms with E-state index in [4.69, 9.17) is 4.98 Å². The molecule has 0 spiro atoms. The van der Waals surface area contributed by atoms with E-state index in [1.54, 1.807) is 17.0 Å². The number of halogens is 1. The van der Waals surface area contributed by atoms with Crippen LogP contribution in [0.5, 0.6) is 0 Å². The van der Waals surface area contributed by atoms with E-state index in [1.807, 2.05) is 38.4 Å². The molecule has 3 aromatic rings. The minimum atomic E-state index is -0.248. The average Bonchev–Trinajstić information content (AvgIpc) is 3.06. The molecule has 1 aliphatic rings. The summed E-state index contributed by atoms with van der Waals surface area (Å²) in [5.41, 5.74) is 2.85. The Balaban J connectivity index is 1.59. The van der Waals surface area contributed by atoms with E-state index in [0.717, 1.165) is 48.5 Å². The molecular weight excluding hydrogens is 355 g/mol. The van der Waals surface area contributed by atoms with Crippen molar-refractivity contribution in [2.45, 2.75) is 19.4 Å². The molecule has 1 amide bonds. The number of carbonyl (C=O) groups excluding carboxylic acids is 1. The van der Waals surface area contributed by atoms with Gasteiger partial charge in [-0.3, -0.25) is 14.3 Å². The molecule has 0 radical (unpaired) electrons. The van der Waals surface area contributed by atoms with Gasteiger partial charge in [0.2, 0.25) is 5.91 Å². The predicted molar refractivity (Wildman–Crippen MR) is 108 cm³/mol. The number of rotatable bonds is 4. The zero-order valence-corrected chi connectivity index (χ0v) is 16.3. The van der Waals surface area contributed by atoms with E-state index in [2.05, 4.69) is 9.47 Å². The SMILES string of the molecule is CN(C)C(=O)C1CCN(Cc2nc3ccccc3n2-c2ccc(F)cc2)CC1. The molecule has 0 unspecified atom stereocenters. The van der Waals surface area contributed by atoms with Crippen molar-refractivity contribution in [3.05, 3.63) is 60.2 Å². The van der Waals surface area contributed by atoms with Gasteiger partial charge in [0.15, 0.2) is 0 Å². The van der Waals surface area contributed by atoms with Crippen molar-refractivity contribution in [1.29, 1.82) is 0 Å². The number of amides is 1. The summed E-state index contributed by atoms with van der Waals surface area (Å²) in [7, 11) is 3.64. The van der Waals surface area contributed by atoms with Crippen molar-refractivity contribution in [2.24, 2.45) is 5.92 Å². The highest BCUT2D eigenvalue weighted by Crippen LogP contribution is 2.25. The zero-order valence-electron chi connectivity index (χ0n) is 16.3. The molecule has 0 saturated carbocycles. The van der Waals surface area contributed by atoms with Crippen LogP contribution in [0.25, 0.3) is 16.7 Å². The van der Waals surface area contributed by atoms with Gasteiger partial charge < -0.3 is 4.90 Å². The normalized spacial score (nSPS) is 15.8. The molecule has 1 aromatic heterocycles. The summed E-state index contributed by atoms with van der Waals surface area (Å²) in [6, 6.07) is 14.5. The first-order valence-corrected chi connectivity index (χ1v) is 9.69. The lowest BCUT2D eigenvalue weighted by Crippen LogP contribution is -2.40. The fourth-order valence-electron chi connectivity index (χ4n) is 3.96. The predicted octanol–water partition coefficient (Wildman–Crippen LogP) is 3.46. The number of hydrogen-bond donors (Lipinski definition) is 0. The standard InChI is InChI=1S/C22H25FN4O/c1-25(2)22(28)16-11-13-26(14-12-16)15-21-24-19-5-3-4-6-20(19)27(21)18-9-7-17(23)8-10-18/h3-10,16H,11-15H2,1-2H3. The number of carbonyl (C=O) groups is 1. The van der Waals surface area contributed by atoms with Gasteiger partial charge in [0.05, 0.1) is 17.6 Å². The van der Waals surface area contributed by atoms with Crippen molar-refractivity contribution in [3.63, 3.8) is 0 Å².